The van der Waals surface area contributed by atoms with Gasteiger partial charge in [0.2, 0.25) is 0 Å². The van der Waals surface area contributed by atoms with E-state index < -0.39 is 17.9 Å². The molecule has 1 N–H and O–H groups in total. The molecule has 2 aromatic rings. The minimum atomic E-state index is -2.76. The fourth-order valence-corrected chi connectivity index (χ4v) is 1.85. The van der Waals surface area contributed by atoms with Crippen LogP contribution < -0.4 is 5.32 Å². The molecule has 0 amide bonds. The van der Waals surface area contributed by atoms with Crippen molar-refractivity contribution in [2.75, 3.05) is 12.4 Å². The number of benzene rings is 1. The van der Waals surface area contributed by atoms with Gasteiger partial charge in [-0.2, -0.15) is 0 Å². The second kappa shape index (κ2) is 4.41. The topological polar surface area (TPSA) is 24.9 Å². The first-order valence-electron chi connectivity index (χ1n) is 4.79. The van der Waals surface area contributed by atoms with Crippen molar-refractivity contribution in [1.29, 1.82) is 0 Å². The van der Waals surface area contributed by atoms with E-state index in [-0.39, 0.29) is 10.5 Å². The largest absolute Gasteiger partial charge is 0.387 e. The van der Waals surface area contributed by atoms with Crippen molar-refractivity contribution in [3.05, 3.63) is 34.7 Å². The number of hydrogen-bond donors (Lipinski definition) is 1. The van der Waals surface area contributed by atoms with E-state index in [4.69, 9.17) is 11.6 Å². The predicted molar refractivity (Wildman–Crippen MR) is 61.2 cm³/mol. The highest BCUT2D eigenvalue weighted by Crippen LogP contribution is 2.33. The van der Waals surface area contributed by atoms with E-state index in [2.05, 4.69) is 10.3 Å². The molecule has 1 heterocycles. The van der Waals surface area contributed by atoms with Gasteiger partial charge in [0, 0.05) is 18.1 Å². The van der Waals surface area contributed by atoms with Crippen LogP contribution >= 0.6 is 11.6 Å². The van der Waals surface area contributed by atoms with Crippen LogP contribution in [0.25, 0.3) is 10.9 Å². The highest BCUT2D eigenvalue weighted by Gasteiger charge is 2.16. The van der Waals surface area contributed by atoms with Crippen LogP contribution in [0.1, 0.15) is 12.1 Å². The Bertz CT molecular complexity index is 572. The van der Waals surface area contributed by atoms with Gasteiger partial charge in [-0.15, -0.1) is 0 Å². The Balaban J connectivity index is 2.87. The van der Waals surface area contributed by atoms with Crippen LogP contribution in [0.15, 0.2) is 18.2 Å². The van der Waals surface area contributed by atoms with Gasteiger partial charge in [-0.25, -0.2) is 18.2 Å². The highest BCUT2D eigenvalue weighted by molar-refractivity contribution is 6.36. The lowest BCUT2D eigenvalue weighted by atomic mass is 10.1. The van der Waals surface area contributed by atoms with Crippen LogP contribution in [0.5, 0.6) is 0 Å². The lowest BCUT2D eigenvalue weighted by Gasteiger charge is -2.10. The maximum absolute atomic E-state index is 13.5. The predicted octanol–water partition coefficient (Wildman–Crippen LogP) is 4.01. The van der Waals surface area contributed by atoms with E-state index in [9.17, 15) is 13.2 Å². The molecule has 0 saturated heterocycles. The number of alkyl halides is 2. The first-order chi connectivity index (χ1) is 8.04. The monoisotopic (exact) mass is 260 g/mol. The van der Waals surface area contributed by atoms with Crippen LogP contribution in [0.2, 0.25) is 5.02 Å². The van der Waals surface area contributed by atoms with Crippen LogP contribution in [-0.2, 0) is 0 Å². The summed E-state index contributed by atoms with van der Waals surface area (Å²) in [4.78, 5) is 3.59. The number of hydrogen-bond acceptors (Lipinski definition) is 2. The zero-order valence-corrected chi connectivity index (χ0v) is 9.52. The molecular weight excluding hydrogens is 253 g/mol. The Morgan fingerprint density at radius 2 is 2.06 bits per heavy atom. The molecular formula is C11H8ClF3N2. The average Bonchev–Trinajstić information content (AvgIpc) is 2.32. The molecule has 1 aromatic carbocycles. The normalized spacial score (nSPS) is 11.2. The molecule has 1 aromatic heterocycles. The molecule has 2 nitrogen and oxygen atoms in total. The van der Waals surface area contributed by atoms with Crippen molar-refractivity contribution < 1.29 is 13.2 Å². The Labute approximate surface area is 100 Å². The fraction of sp³-hybridized carbons (Fsp3) is 0.182. The molecule has 0 aliphatic heterocycles. The van der Waals surface area contributed by atoms with Gasteiger partial charge in [-0.1, -0.05) is 11.6 Å². The van der Waals surface area contributed by atoms with E-state index in [0.717, 1.165) is 6.07 Å². The van der Waals surface area contributed by atoms with Gasteiger partial charge in [0.15, 0.2) is 0 Å². The molecule has 6 heteroatoms. The third-order valence-electron chi connectivity index (χ3n) is 2.37. The second-order valence-corrected chi connectivity index (χ2v) is 3.81. The molecule has 0 unspecified atom stereocenters. The Kier molecular flexibility index (Phi) is 3.11. The van der Waals surface area contributed by atoms with Gasteiger partial charge in [0.25, 0.3) is 6.43 Å². The minimum Gasteiger partial charge on any atom is -0.387 e. The number of nitrogens with zero attached hydrogens (tertiary/aromatic N) is 1. The summed E-state index contributed by atoms with van der Waals surface area (Å²) >= 11 is 5.91. The van der Waals surface area contributed by atoms with E-state index in [0.29, 0.717) is 11.1 Å². The first kappa shape index (κ1) is 12.0. The number of anilines is 1. The van der Waals surface area contributed by atoms with Crippen LogP contribution in [0, 0.1) is 5.82 Å². The van der Waals surface area contributed by atoms with Gasteiger partial charge in [-0.05, 0) is 18.2 Å². The van der Waals surface area contributed by atoms with Crippen LogP contribution in [-0.4, -0.2) is 12.0 Å². The van der Waals surface area contributed by atoms with Gasteiger partial charge in [0.1, 0.15) is 17.0 Å². The van der Waals surface area contributed by atoms with E-state index >= 15 is 0 Å². The zero-order valence-electron chi connectivity index (χ0n) is 8.77. The maximum Gasteiger partial charge on any atom is 0.280 e. The van der Waals surface area contributed by atoms with Crippen molar-refractivity contribution in [3.63, 3.8) is 0 Å². The SMILES string of the molecule is CNc1cc(C(F)F)nc2c(F)ccc(Cl)c12. The molecule has 0 saturated carbocycles. The third-order valence-corrected chi connectivity index (χ3v) is 2.69. The molecule has 0 spiro atoms. The molecule has 0 radical (unpaired) electrons. The number of nitrogens with one attached hydrogen (secondary N) is 1. The van der Waals surface area contributed by atoms with Crippen LogP contribution in [0.4, 0.5) is 18.9 Å². The van der Waals surface area contributed by atoms with Crippen molar-refractivity contribution in [2.45, 2.75) is 6.43 Å². The van der Waals surface area contributed by atoms with Crippen molar-refractivity contribution in [3.8, 4) is 0 Å². The molecule has 0 atom stereocenters. The summed E-state index contributed by atoms with van der Waals surface area (Å²) in [7, 11) is 1.55. The van der Waals surface area contributed by atoms with Gasteiger partial charge < -0.3 is 5.32 Å². The van der Waals surface area contributed by atoms with Gasteiger partial charge in [-0.3, -0.25) is 0 Å². The maximum atomic E-state index is 13.5. The standard InChI is InChI=1S/C11H8ClF3N2/c1-16-7-4-8(11(14)15)17-10-6(13)3-2-5(12)9(7)10/h2-4,11H,1H3,(H,16,17). The van der Waals surface area contributed by atoms with Crippen molar-refractivity contribution >= 4 is 28.2 Å². The molecule has 0 aliphatic rings. The summed E-state index contributed by atoms with van der Waals surface area (Å²) in [5, 5.41) is 3.28. The van der Waals surface area contributed by atoms with E-state index in [1.54, 1.807) is 7.05 Å². The first-order valence-corrected chi connectivity index (χ1v) is 5.17. The molecule has 17 heavy (non-hydrogen) atoms. The minimum absolute atomic E-state index is 0.153. The fourth-order valence-electron chi connectivity index (χ4n) is 1.60. The molecule has 0 bridgehead atoms. The number of aromatic nitrogens is 1. The second-order valence-electron chi connectivity index (χ2n) is 3.40. The molecule has 90 valence electrons. The molecule has 0 fully saturated rings. The summed E-state index contributed by atoms with van der Waals surface area (Å²) in [5.41, 5.74) is -0.308. The van der Waals surface area contributed by atoms with E-state index in [1.807, 2.05) is 0 Å². The molecule has 0 aliphatic carbocycles. The summed E-state index contributed by atoms with van der Waals surface area (Å²) < 4.78 is 38.7. The lowest BCUT2D eigenvalue weighted by molar-refractivity contribution is 0.146. The number of rotatable bonds is 2. The van der Waals surface area contributed by atoms with Gasteiger partial charge >= 0.3 is 0 Å². The van der Waals surface area contributed by atoms with Crippen LogP contribution in [0.3, 0.4) is 0 Å². The van der Waals surface area contributed by atoms with Crippen molar-refractivity contribution in [1.82, 2.24) is 4.98 Å². The number of halogens is 4. The smallest absolute Gasteiger partial charge is 0.280 e. The summed E-state index contributed by atoms with van der Waals surface area (Å²) in [5.74, 6) is -0.677. The number of pyridine rings is 1. The Morgan fingerprint density at radius 3 is 2.65 bits per heavy atom. The third kappa shape index (κ3) is 2.02. The Hall–Kier alpha value is -1.49. The lowest BCUT2D eigenvalue weighted by Crippen LogP contribution is -1.99. The Morgan fingerprint density at radius 1 is 1.35 bits per heavy atom. The summed E-state index contributed by atoms with van der Waals surface area (Å²) in [6.07, 6.45) is -2.76. The highest BCUT2D eigenvalue weighted by atomic mass is 35.5. The zero-order chi connectivity index (χ0) is 12.6. The van der Waals surface area contributed by atoms with Crippen molar-refractivity contribution in [2.24, 2.45) is 0 Å². The average molecular weight is 261 g/mol. The summed E-state index contributed by atoms with van der Waals surface area (Å²) in [6, 6.07) is 3.63. The number of fused-ring (bicyclic) bond motifs is 1. The molecule has 2 rings (SSSR count). The summed E-state index contributed by atoms with van der Waals surface area (Å²) in [6.45, 7) is 0. The van der Waals surface area contributed by atoms with E-state index in [1.165, 1.54) is 12.1 Å². The van der Waals surface area contributed by atoms with Gasteiger partial charge in [0.05, 0.1) is 5.02 Å². The quantitative estimate of drug-likeness (QED) is 0.883.